The third kappa shape index (κ3) is 3.17. The smallest absolute Gasteiger partial charge is 0.315 e. The lowest BCUT2D eigenvalue weighted by Crippen LogP contribution is -2.35. The van der Waals surface area contributed by atoms with Gasteiger partial charge < -0.3 is 10.6 Å². The highest BCUT2D eigenvalue weighted by molar-refractivity contribution is 5.73. The van der Waals surface area contributed by atoms with Crippen LogP contribution in [0.25, 0.3) is 5.65 Å². The van der Waals surface area contributed by atoms with E-state index in [0.29, 0.717) is 18.9 Å². The first kappa shape index (κ1) is 13.1. The number of pyridine rings is 1. The number of carbonyl (C=O) groups excluding carboxylic acids is 1. The largest absolute Gasteiger partial charge is 0.334 e. The molecule has 2 heterocycles. The van der Waals surface area contributed by atoms with E-state index in [1.54, 1.807) is 0 Å². The molecule has 0 radical (unpaired) electrons. The van der Waals surface area contributed by atoms with Gasteiger partial charge in [0.15, 0.2) is 11.5 Å². The fraction of sp³-hybridized carbons (Fsp3) is 0.133. The molecule has 0 atom stereocenters. The Kier molecular flexibility index (Phi) is 3.77. The summed E-state index contributed by atoms with van der Waals surface area (Å²) in [7, 11) is 0. The summed E-state index contributed by atoms with van der Waals surface area (Å²) in [6.45, 7) is 0.819. The molecule has 0 unspecified atom stereocenters. The van der Waals surface area contributed by atoms with Crippen molar-refractivity contribution >= 4 is 11.7 Å². The first-order valence-electron chi connectivity index (χ1n) is 6.67. The van der Waals surface area contributed by atoms with E-state index in [1.807, 2.05) is 59.1 Å². The average Bonchev–Trinajstić information content (AvgIpc) is 2.95. The fourth-order valence-corrected chi connectivity index (χ4v) is 2.01. The SMILES string of the molecule is O=C(NCc1ccccc1)NCc1nnc2ccccn12. The van der Waals surface area contributed by atoms with Crippen molar-refractivity contribution in [3.8, 4) is 0 Å². The van der Waals surface area contributed by atoms with Crippen molar-refractivity contribution < 1.29 is 4.79 Å². The molecule has 6 heteroatoms. The number of nitrogens with zero attached hydrogens (tertiary/aromatic N) is 3. The standard InChI is InChI=1S/C15H15N5O/c21-15(16-10-12-6-2-1-3-7-12)17-11-14-19-18-13-8-4-5-9-20(13)14/h1-9H,10-11H2,(H2,16,17,21). The van der Waals surface area contributed by atoms with E-state index in [2.05, 4.69) is 20.8 Å². The van der Waals surface area contributed by atoms with E-state index >= 15 is 0 Å². The number of amides is 2. The Morgan fingerprint density at radius 1 is 0.952 bits per heavy atom. The molecule has 1 aromatic carbocycles. The van der Waals surface area contributed by atoms with Crippen molar-refractivity contribution in [1.82, 2.24) is 25.2 Å². The van der Waals surface area contributed by atoms with Crippen LogP contribution in [0.4, 0.5) is 4.79 Å². The van der Waals surface area contributed by atoms with Gasteiger partial charge in [0, 0.05) is 12.7 Å². The molecule has 3 aromatic rings. The van der Waals surface area contributed by atoms with Crippen LogP contribution in [0.15, 0.2) is 54.7 Å². The zero-order valence-corrected chi connectivity index (χ0v) is 11.4. The third-order valence-electron chi connectivity index (χ3n) is 3.09. The average molecular weight is 281 g/mol. The van der Waals surface area contributed by atoms with Gasteiger partial charge in [-0.25, -0.2) is 4.79 Å². The molecule has 0 saturated heterocycles. The Hall–Kier alpha value is -2.89. The number of aromatic nitrogens is 3. The zero-order chi connectivity index (χ0) is 14.5. The van der Waals surface area contributed by atoms with Crippen molar-refractivity contribution in [2.24, 2.45) is 0 Å². The summed E-state index contributed by atoms with van der Waals surface area (Å²) in [5, 5.41) is 13.7. The van der Waals surface area contributed by atoms with Crippen LogP contribution in [0.2, 0.25) is 0 Å². The summed E-state index contributed by atoms with van der Waals surface area (Å²) in [6.07, 6.45) is 1.87. The van der Waals surface area contributed by atoms with Crippen LogP contribution in [-0.2, 0) is 13.1 Å². The highest BCUT2D eigenvalue weighted by Gasteiger charge is 2.06. The maximum atomic E-state index is 11.8. The summed E-state index contributed by atoms with van der Waals surface area (Å²) in [5.74, 6) is 0.695. The highest BCUT2D eigenvalue weighted by atomic mass is 16.2. The van der Waals surface area contributed by atoms with Crippen LogP contribution in [0.3, 0.4) is 0 Å². The van der Waals surface area contributed by atoms with Gasteiger partial charge in [0.25, 0.3) is 0 Å². The first-order valence-corrected chi connectivity index (χ1v) is 6.67. The second-order valence-electron chi connectivity index (χ2n) is 4.57. The summed E-state index contributed by atoms with van der Waals surface area (Å²) in [6, 6.07) is 15.2. The molecule has 6 nitrogen and oxygen atoms in total. The van der Waals surface area contributed by atoms with Gasteiger partial charge in [-0.15, -0.1) is 10.2 Å². The molecule has 0 aliphatic heterocycles. The van der Waals surface area contributed by atoms with Crippen molar-refractivity contribution in [1.29, 1.82) is 0 Å². The van der Waals surface area contributed by atoms with Crippen molar-refractivity contribution in [3.05, 3.63) is 66.1 Å². The van der Waals surface area contributed by atoms with E-state index in [4.69, 9.17) is 0 Å². The molecule has 21 heavy (non-hydrogen) atoms. The molecule has 2 N–H and O–H groups in total. The molecular formula is C15H15N5O. The van der Waals surface area contributed by atoms with Gasteiger partial charge in [-0.2, -0.15) is 0 Å². The zero-order valence-electron chi connectivity index (χ0n) is 11.4. The number of nitrogens with one attached hydrogen (secondary N) is 2. The van der Waals surface area contributed by atoms with Crippen LogP contribution in [0.5, 0.6) is 0 Å². The minimum absolute atomic E-state index is 0.230. The normalized spacial score (nSPS) is 10.5. The van der Waals surface area contributed by atoms with Gasteiger partial charge >= 0.3 is 6.03 Å². The molecule has 0 bridgehead atoms. The third-order valence-corrected chi connectivity index (χ3v) is 3.09. The Bertz CT molecular complexity index is 738. The molecule has 106 valence electrons. The molecule has 2 aromatic heterocycles. The van der Waals surface area contributed by atoms with Gasteiger partial charge in [0.05, 0.1) is 6.54 Å². The monoisotopic (exact) mass is 281 g/mol. The molecule has 0 aliphatic rings. The van der Waals surface area contributed by atoms with Crippen LogP contribution in [-0.4, -0.2) is 20.6 Å². The lowest BCUT2D eigenvalue weighted by molar-refractivity contribution is 0.240. The molecule has 0 fully saturated rings. The van der Waals surface area contributed by atoms with E-state index in [0.717, 1.165) is 11.2 Å². The molecule has 0 aliphatic carbocycles. The van der Waals surface area contributed by atoms with Crippen molar-refractivity contribution in [2.75, 3.05) is 0 Å². The number of carbonyl (C=O) groups is 1. The van der Waals surface area contributed by atoms with Crippen LogP contribution < -0.4 is 10.6 Å². The van der Waals surface area contributed by atoms with Gasteiger partial charge in [-0.3, -0.25) is 4.40 Å². The second kappa shape index (κ2) is 6.04. The highest BCUT2D eigenvalue weighted by Crippen LogP contribution is 2.02. The minimum Gasteiger partial charge on any atom is -0.334 e. The predicted molar refractivity (Wildman–Crippen MR) is 78.5 cm³/mol. The summed E-state index contributed by atoms with van der Waals surface area (Å²) in [5.41, 5.74) is 1.82. The Morgan fingerprint density at radius 3 is 2.57 bits per heavy atom. The summed E-state index contributed by atoms with van der Waals surface area (Å²) < 4.78 is 1.84. The number of rotatable bonds is 4. The minimum atomic E-state index is -0.230. The Labute approximate surface area is 121 Å². The molecule has 3 rings (SSSR count). The fourth-order valence-electron chi connectivity index (χ4n) is 2.01. The van der Waals surface area contributed by atoms with Gasteiger partial charge in [-0.05, 0) is 17.7 Å². The molecule has 2 amide bonds. The molecule has 0 saturated carbocycles. The first-order chi connectivity index (χ1) is 10.3. The number of benzene rings is 1. The second-order valence-corrected chi connectivity index (χ2v) is 4.57. The maximum absolute atomic E-state index is 11.8. The van der Waals surface area contributed by atoms with Crippen LogP contribution >= 0.6 is 0 Å². The quantitative estimate of drug-likeness (QED) is 0.765. The van der Waals surface area contributed by atoms with Crippen molar-refractivity contribution in [2.45, 2.75) is 13.1 Å². The predicted octanol–water partition coefficient (Wildman–Crippen LogP) is 1.73. The Balaban J connectivity index is 1.54. The number of hydrogen-bond donors (Lipinski definition) is 2. The van der Waals surface area contributed by atoms with Crippen molar-refractivity contribution in [3.63, 3.8) is 0 Å². The molecule has 0 spiro atoms. The topological polar surface area (TPSA) is 71.3 Å². The summed E-state index contributed by atoms with van der Waals surface area (Å²) >= 11 is 0. The van der Waals surface area contributed by atoms with Crippen LogP contribution in [0, 0.1) is 0 Å². The lowest BCUT2D eigenvalue weighted by Gasteiger charge is -2.06. The van der Waals surface area contributed by atoms with E-state index in [9.17, 15) is 4.79 Å². The van der Waals surface area contributed by atoms with E-state index < -0.39 is 0 Å². The van der Waals surface area contributed by atoms with E-state index in [-0.39, 0.29) is 6.03 Å². The summed E-state index contributed by atoms with van der Waals surface area (Å²) in [4.78, 5) is 11.8. The lowest BCUT2D eigenvalue weighted by atomic mass is 10.2. The Morgan fingerprint density at radius 2 is 1.71 bits per heavy atom. The van der Waals surface area contributed by atoms with Gasteiger partial charge in [-0.1, -0.05) is 36.4 Å². The van der Waals surface area contributed by atoms with Crippen LogP contribution in [0.1, 0.15) is 11.4 Å². The van der Waals surface area contributed by atoms with Gasteiger partial charge in [0.1, 0.15) is 0 Å². The van der Waals surface area contributed by atoms with E-state index in [1.165, 1.54) is 0 Å². The van der Waals surface area contributed by atoms with Gasteiger partial charge in [0.2, 0.25) is 0 Å². The number of hydrogen-bond acceptors (Lipinski definition) is 3. The maximum Gasteiger partial charge on any atom is 0.315 e. The molecular weight excluding hydrogens is 266 g/mol. The number of fused-ring (bicyclic) bond motifs is 1. The number of urea groups is 1.